The van der Waals surface area contributed by atoms with Crippen LogP contribution in [0.1, 0.15) is 34.1 Å². The molecule has 0 atom stereocenters. The average molecular weight is 533 g/mol. The number of benzene rings is 2. The molecule has 9 heteroatoms. The van der Waals surface area contributed by atoms with Gasteiger partial charge >= 0.3 is 6.18 Å². The Bertz CT molecular complexity index is 1170. The van der Waals surface area contributed by atoms with E-state index in [1.54, 1.807) is 12.1 Å². The first kappa shape index (κ1) is 24.2. The number of carbonyl (C=O) groups excluding carboxylic acids is 1. The molecular formula is C25H24BrF3N4O. The number of aromatic nitrogens is 2. The molecule has 4 rings (SSSR count). The summed E-state index contributed by atoms with van der Waals surface area (Å²) in [6.45, 7) is 6.25. The van der Waals surface area contributed by atoms with Gasteiger partial charge in [0.2, 0.25) is 0 Å². The normalized spacial score (nSPS) is 14.4. The summed E-state index contributed by atoms with van der Waals surface area (Å²) in [5.74, 6) is 1.17. The summed E-state index contributed by atoms with van der Waals surface area (Å²) in [5, 5.41) is 0. The van der Waals surface area contributed by atoms with Gasteiger partial charge in [-0.05, 0) is 49.7 Å². The molecule has 1 aliphatic heterocycles. The Kier molecular flexibility index (Phi) is 6.93. The Morgan fingerprint density at radius 1 is 0.971 bits per heavy atom. The van der Waals surface area contributed by atoms with Crippen LogP contribution >= 0.6 is 15.9 Å². The standard InChI is InChI=1S/C25H24BrF3N4O/c1-3-21-16(2)30-22(17-4-8-19(9-5-17)25(27,28)29)31-23(21)32-12-14-33(15-13-32)24(34)18-6-10-20(26)11-7-18/h4-11H,3,12-15H2,1-2H3. The van der Waals surface area contributed by atoms with Gasteiger partial charge in [-0.25, -0.2) is 9.97 Å². The third-order valence-corrected chi connectivity index (χ3v) is 6.50. The third kappa shape index (κ3) is 5.09. The Morgan fingerprint density at radius 2 is 1.59 bits per heavy atom. The summed E-state index contributed by atoms with van der Waals surface area (Å²) in [6, 6.07) is 12.2. The minimum absolute atomic E-state index is 0.00724. The first-order valence-electron chi connectivity index (χ1n) is 11.0. The van der Waals surface area contributed by atoms with E-state index in [-0.39, 0.29) is 5.91 Å². The lowest BCUT2D eigenvalue weighted by Crippen LogP contribution is -2.49. The number of alkyl halides is 3. The minimum Gasteiger partial charge on any atom is -0.353 e. The fourth-order valence-corrected chi connectivity index (χ4v) is 4.35. The molecule has 178 valence electrons. The molecule has 1 amide bonds. The van der Waals surface area contributed by atoms with Gasteiger partial charge in [-0.3, -0.25) is 4.79 Å². The highest BCUT2D eigenvalue weighted by Gasteiger charge is 2.30. The molecule has 1 saturated heterocycles. The van der Waals surface area contributed by atoms with Gasteiger partial charge in [0.1, 0.15) is 5.82 Å². The molecule has 34 heavy (non-hydrogen) atoms. The molecule has 2 heterocycles. The van der Waals surface area contributed by atoms with Crippen molar-refractivity contribution in [2.24, 2.45) is 0 Å². The monoisotopic (exact) mass is 532 g/mol. The van der Waals surface area contributed by atoms with Crippen molar-refractivity contribution in [1.82, 2.24) is 14.9 Å². The molecule has 0 saturated carbocycles. The molecule has 0 spiro atoms. The van der Waals surface area contributed by atoms with Gasteiger partial charge in [0.05, 0.1) is 5.56 Å². The molecular weight excluding hydrogens is 509 g/mol. The van der Waals surface area contributed by atoms with Crippen LogP contribution in [-0.2, 0) is 12.6 Å². The predicted molar refractivity (Wildman–Crippen MR) is 129 cm³/mol. The van der Waals surface area contributed by atoms with Gasteiger partial charge in [0.25, 0.3) is 5.91 Å². The van der Waals surface area contributed by atoms with E-state index >= 15 is 0 Å². The third-order valence-electron chi connectivity index (χ3n) is 5.97. The van der Waals surface area contributed by atoms with Gasteiger partial charge in [-0.15, -0.1) is 0 Å². The summed E-state index contributed by atoms with van der Waals surface area (Å²) in [7, 11) is 0. The maximum Gasteiger partial charge on any atom is 0.416 e. The molecule has 1 aromatic heterocycles. The lowest BCUT2D eigenvalue weighted by Gasteiger charge is -2.36. The number of hydrogen-bond donors (Lipinski definition) is 0. The van der Waals surface area contributed by atoms with E-state index in [1.807, 2.05) is 30.9 Å². The van der Waals surface area contributed by atoms with Crippen LogP contribution in [0.15, 0.2) is 53.0 Å². The van der Waals surface area contributed by atoms with E-state index in [4.69, 9.17) is 4.98 Å². The molecule has 0 unspecified atom stereocenters. The summed E-state index contributed by atoms with van der Waals surface area (Å²) >= 11 is 3.38. The quantitative estimate of drug-likeness (QED) is 0.428. The Morgan fingerprint density at radius 3 is 2.15 bits per heavy atom. The van der Waals surface area contributed by atoms with Crippen LogP contribution < -0.4 is 4.90 Å². The second-order valence-corrected chi connectivity index (χ2v) is 9.07. The number of piperazine rings is 1. The second-order valence-electron chi connectivity index (χ2n) is 8.15. The number of anilines is 1. The van der Waals surface area contributed by atoms with E-state index in [9.17, 15) is 18.0 Å². The number of carbonyl (C=O) groups is 1. The SMILES string of the molecule is CCc1c(C)nc(-c2ccc(C(F)(F)F)cc2)nc1N1CCN(C(=O)c2ccc(Br)cc2)CC1. The van der Waals surface area contributed by atoms with E-state index in [0.29, 0.717) is 43.1 Å². The number of rotatable bonds is 4. The fraction of sp³-hybridized carbons (Fsp3) is 0.320. The predicted octanol–water partition coefficient (Wildman–Crippen LogP) is 5.76. The number of halogens is 4. The highest BCUT2D eigenvalue weighted by atomic mass is 79.9. The summed E-state index contributed by atoms with van der Waals surface area (Å²) < 4.78 is 39.7. The largest absolute Gasteiger partial charge is 0.416 e. The minimum atomic E-state index is -4.39. The lowest BCUT2D eigenvalue weighted by atomic mass is 10.1. The van der Waals surface area contributed by atoms with E-state index in [0.717, 1.165) is 40.1 Å². The van der Waals surface area contributed by atoms with E-state index < -0.39 is 11.7 Å². The van der Waals surface area contributed by atoms with Crippen molar-refractivity contribution in [2.45, 2.75) is 26.4 Å². The van der Waals surface area contributed by atoms with Crippen molar-refractivity contribution in [1.29, 1.82) is 0 Å². The maximum absolute atomic E-state index is 12.9. The summed E-state index contributed by atoms with van der Waals surface area (Å²) in [6.07, 6.45) is -3.66. The Hall–Kier alpha value is -2.94. The zero-order chi connectivity index (χ0) is 24.5. The van der Waals surface area contributed by atoms with E-state index in [1.165, 1.54) is 12.1 Å². The van der Waals surface area contributed by atoms with Gasteiger partial charge in [0.15, 0.2) is 5.82 Å². The van der Waals surface area contributed by atoms with Gasteiger partial charge in [0, 0.05) is 53.0 Å². The Balaban J connectivity index is 1.55. The highest BCUT2D eigenvalue weighted by molar-refractivity contribution is 9.10. The van der Waals surface area contributed by atoms with Crippen molar-refractivity contribution in [3.8, 4) is 11.4 Å². The lowest BCUT2D eigenvalue weighted by molar-refractivity contribution is -0.137. The van der Waals surface area contributed by atoms with Crippen LogP contribution in [0, 0.1) is 6.92 Å². The van der Waals surface area contributed by atoms with Crippen LogP contribution in [0.25, 0.3) is 11.4 Å². The van der Waals surface area contributed by atoms with Gasteiger partial charge in [-0.2, -0.15) is 13.2 Å². The van der Waals surface area contributed by atoms with E-state index in [2.05, 4.69) is 25.8 Å². The molecule has 1 fully saturated rings. The van der Waals surface area contributed by atoms with Crippen LogP contribution in [0.2, 0.25) is 0 Å². The fourth-order valence-electron chi connectivity index (χ4n) is 4.09. The zero-order valence-corrected chi connectivity index (χ0v) is 20.4. The average Bonchev–Trinajstić information content (AvgIpc) is 2.83. The number of amides is 1. The molecule has 0 N–H and O–H groups in total. The van der Waals surface area contributed by atoms with Gasteiger partial charge in [-0.1, -0.05) is 35.0 Å². The molecule has 0 bridgehead atoms. The van der Waals surface area contributed by atoms with Crippen LogP contribution in [0.4, 0.5) is 19.0 Å². The van der Waals surface area contributed by atoms with Crippen molar-refractivity contribution >= 4 is 27.7 Å². The molecule has 0 aliphatic carbocycles. The number of aryl methyl sites for hydroxylation is 1. The molecule has 1 aliphatic rings. The van der Waals surface area contributed by atoms with Crippen LogP contribution in [-0.4, -0.2) is 47.0 Å². The molecule has 3 aromatic rings. The molecule has 0 radical (unpaired) electrons. The number of hydrogen-bond acceptors (Lipinski definition) is 4. The summed E-state index contributed by atoms with van der Waals surface area (Å²) in [5.41, 5.74) is 2.28. The van der Waals surface area contributed by atoms with Crippen LogP contribution in [0.3, 0.4) is 0 Å². The highest BCUT2D eigenvalue weighted by Crippen LogP contribution is 2.32. The summed E-state index contributed by atoms with van der Waals surface area (Å²) in [4.78, 5) is 26.1. The molecule has 2 aromatic carbocycles. The van der Waals surface area contributed by atoms with Crippen LogP contribution in [0.5, 0.6) is 0 Å². The van der Waals surface area contributed by atoms with Gasteiger partial charge < -0.3 is 9.80 Å². The van der Waals surface area contributed by atoms with Crippen molar-refractivity contribution in [2.75, 3.05) is 31.1 Å². The zero-order valence-electron chi connectivity index (χ0n) is 18.9. The van der Waals surface area contributed by atoms with Crippen molar-refractivity contribution < 1.29 is 18.0 Å². The maximum atomic E-state index is 12.9. The first-order chi connectivity index (χ1) is 16.2. The smallest absolute Gasteiger partial charge is 0.353 e. The second kappa shape index (κ2) is 9.74. The topological polar surface area (TPSA) is 49.3 Å². The first-order valence-corrected chi connectivity index (χ1v) is 11.8. The number of nitrogens with zero attached hydrogens (tertiary/aromatic N) is 4. The van der Waals surface area contributed by atoms with Crippen molar-refractivity contribution in [3.63, 3.8) is 0 Å². The molecule has 5 nitrogen and oxygen atoms in total. The van der Waals surface area contributed by atoms with Crippen molar-refractivity contribution in [3.05, 3.63) is 75.4 Å². The Labute approximate surface area is 204 Å².